The van der Waals surface area contributed by atoms with E-state index in [1.807, 2.05) is 42.7 Å². The fourth-order valence-corrected chi connectivity index (χ4v) is 3.93. The summed E-state index contributed by atoms with van der Waals surface area (Å²) in [6.07, 6.45) is 1.72. The van der Waals surface area contributed by atoms with Gasteiger partial charge in [-0.05, 0) is 36.1 Å². The predicted molar refractivity (Wildman–Crippen MR) is 136 cm³/mol. The molecule has 0 aliphatic heterocycles. The van der Waals surface area contributed by atoms with Crippen LogP contribution in [0.25, 0.3) is 0 Å². The number of thioether (sulfide) groups is 1. The summed E-state index contributed by atoms with van der Waals surface area (Å²) in [5.41, 5.74) is 2.06. The number of Topliss-reactive ketones (excluding diaryl/α,β-unsaturated/α-hetero) is 1. The van der Waals surface area contributed by atoms with Crippen molar-refractivity contribution in [1.29, 1.82) is 0 Å². The third-order valence-corrected chi connectivity index (χ3v) is 5.91. The van der Waals surface area contributed by atoms with Crippen LogP contribution in [-0.4, -0.2) is 36.4 Å². The van der Waals surface area contributed by atoms with Crippen molar-refractivity contribution in [2.75, 3.05) is 18.2 Å². The quantitative estimate of drug-likeness (QED) is 0.244. The molecule has 3 aromatic rings. The molecule has 1 atom stereocenters. The van der Waals surface area contributed by atoms with E-state index in [1.54, 1.807) is 42.5 Å². The number of amides is 2. The third-order valence-electron chi connectivity index (χ3n) is 5.11. The number of nitrogens with one attached hydrogen (secondary N) is 2. The van der Waals surface area contributed by atoms with Crippen molar-refractivity contribution in [3.8, 4) is 0 Å². The van der Waals surface area contributed by atoms with Crippen molar-refractivity contribution in [3.63, 3.8) is 0 Å². The first-order valence-electron chi connectivity index (χ1n) is 10.9. The normalized spacial score (nSPS) is 11.3. The summed E-state index contributed by atoms with van der Waals surface area (Å²) in [4.78, 5) is 50.2. The van der Waals surface area contributed by atoms with Crippen LogP contribution in [0.1, 0.15) is 45.7 Å². The maximum Gasteiger partial charge on any atom is 0.308 e. The molecular formula is C27H26N2O5S. The van der Waals surface area contributed by atoms with Gasteiger partial charge in [0, 0.05) is 22.9 Å². The molecule has 0 spiro atoms. The maximum absolute atomic E-state index is 12.7. The van der Waals surface area contributed by atoms with E-state index in [9.17, 15) is 19.2 Å². The Balaban J connectivity index is 1.66. The SMILES string of the molecule is CSc1ccc(C(=O)COC(=O)CC(NC(=O)c2ccccc2)c2ccccc2)cc1NC(C)=O. The van der Waals surface area contributed by atoms with Gasteiger partial charge in [-0.3, -0.25) is 19.2 Å². The Morgan fingerprint density at radius 2 is 1.54 bits per heavy atom. The minimum absolute atomic E-state index is 0.140. The molecule has 0 aliphatic rings. The molecule has 0 heterocycles. The standard InChI is InChI=1S/C27H26N2O5S/c1-18(30)28-23-15-21(13-14-25(23)35-2)24(31)17-34-26(32)16-22(19-9-5-3-6-10-19)29-27(33)20-11-7-4-8-12-20/h3-15,22H,16-17H2,1-2H3,(H,28,30)(H,29,33). The van der Waals surface area contributed by atoms with E-state index in [2.05, 4.69) is 10.6 Å². The van der Waals surface area contributed by atoms with Gasteiger partial charge in [-0.25, -0.2) is 0 Å². The second-order valence-corrected chi connectivity index (χ2v) is 8.54. The summed E-state index contributed by atoms with van der Waals surface area (Å²) in [7, 11) is 0. The van der Waals surface area contributed by atoms with Crippen molar-refractivity contribution in [2.24, 2.45) is 0 Å². The molecule has 2 N–H and O–H groups in total. The molecule has 0 radical (unpaired) electrons. The van der Waals surface area contributed by atoms with Crippen LogP contribution >= 0.6 is 11.8 Å². The van der Waals surface area contributed by atoms with Gasteiger partial charge < -0.3 is 15.4 Å². The zero-order chi connectivity index (χ0) is 25.2. The zero-order valence-electron chi connectivity index (χ0n) is 19.4. The number of ether oxygens (including phenoxy) is 1. The van der Waals surface area contributed by atoms with Gasteiger partial charge in [0.15, 0.2) is 12.4 Å². The Bertz CT molecular complexity index is 1200. The molecule has 2 amide bonds. The molecule has 3 aromatic carbocycles. The maximum atomic E-state index is 12.7. The first kappa shape index (κ1) is 25.7. The Kier molecular flexibility index (Phi) is 9.20. The van der Waals surface area contributed by atoms with Crippen LogP contribution in [0.15, 0.2) is 83.8 Å². The van der Waals surface area contributed by atoms with Crippen molar-refractivity contribution < 1.29 is 23.9 Å². The van der Waals surface area contributed by atoms with E-state index < -0.39 is 24.4 Å². The lowest BCUT2D eigenvalue weighted by molar-refractivity contribution is -0.143. The largest absolute Gasteiger partial charge is 0.457 e. The second-order valence-electron chi connectivity index (χ2n) is 7.69. The van der Waals surface area contributed by atoms with Crippen LogP contribution < -0.4 is 10.6 Å². The van der Waals surface area contributed by atoms with E-state index in [0.29, 0.717) is 16.8 Å². The van der Waals surface area contributed by atoms with Gasteiger partial charge in [0.2, 0.25) is 5.91 Å². The number of esters is 1. The summed E-state index contributed by atoms with van der Waals surface area (Å²) in [5.74, 6) is -1.59. The highest BCUT2D eigenvalue weighted by molar-refractivity contribution is 7.98. The van der Waals surface area contributed by atoms with E-state index in [4.69, 9.17) is 4.74 Å². The van der Waals surface area contributed by atoms with E-state index >= 15 is 0 Å². The van der Waals surface area contributed by atoms with E-state index in [0.717, 1.165) is 10.5 Å². The molecule has 0 fully saturated rings. The molecule has 7 nitrogen and oxygen atoms in total. The summed E-state index contributed by atoms with van der Waals surface area (Å²) < 4.78 is 5.24. The van der Waals surface area contributed by atoms with E-state index in [-0.39, 0.29) is 18.2 Å². The first-order chi connectivity index (χ1) is 16.9. The zero-order valence-corrected chi connectivity index (χ0v) is 20.3. The van der Waals surface area contributed by atoms with Crippen LogP contribution in [0.5, 0.6) is 0 Å². The Hall–Kier alpha value is -3.91. The Morgan fingerprint density at radius 3 is 2.17 bits per heavy atom. The van der Waals surface area contributed by atoms with Crippen LogP contribution in [0.4, 0.5) is 5.69 Å². The average Bonchev–Trinajstić information content (AvgIpc) is 2.87. The van der Waals surface area contributed by atoms with Gasteiger partial charge in [-0.1, -0.05) is 54.6 Å². The predicted octanol–water partition coefficient (Wildman–Crippen LogP) is 4.65. The lowest BCUT2D eigenvalue weighted by Gasteiger charge is -2.19. The molecule has 0 saturated carbocycles. The minimum atomic E-state index is -0.626. The molecule has 1 unspecified atom stereocenters. The number of benzene rings is 3. The molecule has 0 aliphatic carbocycles. The van der Waals surface area contributed by atoms with E-state index in [1.165, 1.54) is 18.7 Å². The number of rotatable bonds is 10. The number of anilines is 1. The van der Waals surface area contributed by atoms with Gasteiger partial charge in [0.25, 0.3) is 5.91 Å². The topological polar surface area (TPSA) is 102 Å². The fraction of sp³-hybridized carbons (Fsp3) is 0.185. The summed E-state index contributed by atoms with van der Waals surface area (Å²) in [6.45, 7) is 0.936. The number of hydrogen-bond donors (Lipinski definition) is 2. The highest BCUT2D eigenvalue weighted by Crippen LogP contribution is 2.27. The molecule has 8 heteroatoms. The molecule has 3 rings (SSSR count). The van der Waals surface area contributed by atoms with Gasteiger partial charge in [0.1, 0.15) is 0 Å². The molecule has 0 saturated heterocycles. The Labute approximate surface area is 208 Å². The van der Waals surface area contributed by atoms with Crippen LogP contribution in [0.3, 0.4) is 0 Å². The third kappa shape index (κ3) is 7.55. The monoisotopic (exact) mass is 490 g/mol. The Morgan fingerprint density at radius 1 is 0.886 bits per heavy atom. The molecule has 0 aromatic heterocycles. The summed E-state index contributed by atoms with van der Waals surface area (Å²) >= 11 is 1.44. The number of hydrogen-bond acceptors (Lipinski definition) is 6. The van der Waals surface area contributed by atoms with Crippen LogP contribution in [0.2, 0.25) is 0 Å². The van der Waals surface area contributed by atoms with Gasteiger partial charge in [0.05, 0.1) is 18.2 Å². The van der Waals surface area contributed by atoms with Crippen molar-refractivity contribution in [1.82, 2.24) is 5.32 Å². The highest BCUT2D eigenvalue weighted by atomic mass is 32.2. The first-order valence-corrected chi connectivity index (χ1v) is 12.1. The summed E-state index contributed by atoms with van der Waals surface area (Å²) in [6, 6.07) is 22.1. The minimum Gasteiger partial charge on any atom is -0.457 e. The number of carbonyl (C=O) groups is 4. The molecular weight excluding hydrogens is 464 g/mol. The lowest BCUT2D eigenvalue weighted by Crippen LogP contribution is -2.31. The van der Waals surface area contributed by atoms with Gasteiger partial charge >= 0.3 is 5.97 Å². The number of ketones is 1. The van der Waals surface area contributed by atoms with Crippen LogP contribution in [-0.2, 0) is 14.3 Å². The lowest BCUT2D eigenvalue weighted by atomic mass is 10.0. The van der Waals surface area contributed by atoms with Crippen molar-refractivity contribution in [3.05, 3.63) is 95.6 Å². The highest BCUT2D eigenvalue weighted by Gasteiger charge is 2.21. The van der Waals surface area contributed by atoms with Gasteiger partial charge in [-0.15, -0.1) is 11.8 Å². The fourth-order valence-electron chi connectivity index (χ4n) is 3.39. The smallest absolute Gasteiger partial charge is 0.308 e. The molecule has 35 heavy (non-hydrogen) atoms. The molecule has 0 bridgehead atoms. The van der Waals surface area contributed by atoms with Gasteiger partial charge in [-0.2, -0.15) is 0 Å². The van der Waals surface area contributed by atoms with Crippen molar-refractivity contribution >= 4 is 41.0 Å². The second kappa shape index (κ2) is 12.5. The number of carbonyl (C=O) groups excluding carboxylic acids is 4. The summed E-state index contributed by atoms with van der Waals surface area (Å²) in [5, 5.41) is 5.57. The van der Waals surface area contributed by atoms with Crippen molar-refractivity contribution in [2.45, 2.75) is 24.3 Å². The van der Waals surface area contributed by atoms with Crippen LogP contribution in [0, 0.1) is 0 Å². The average molecular weight is 491 g/mol. The molecule has 180 valence electrons.